The summed E-state index contributed by atoms with van der Waals surface area (Å²) in [5.41, 5.74) is -0.472. The highest BCUT2D eigenvalue weighted by atomic mass is 32.2. The average molecular weight is 353 g/mol. The summed E-state index contributed by atoms with van der Waals surface area (Å²) in [7, 11) is -4.08. The number of carbonyl (C=O) groups is 1. The largest absolute Gasteiger partial charge is 0.478 e. The summed E-state index contributed by atoms with van der Waals surface area (Å²) in [4.78, 5) is 18.5. The van der Waals surface area contributed by atoms with Crippen LogP contribution in [0.15, 0.2) is 35.5 Å². The summed E-state index contributed by atoms with van der Waals surface area (Å²) in [5.74, 6) is -1.65. The zero-order valence-electron chi connectivity index (χ0n) is 13.0. The van der Waals surface area contributed by atoms with Crippen molar-refractivity contribution < 1.29 is 22.7 Å². The summed E-state index contributed by atoms with van der Waals surface area (Å²) in [6.45, 7) is 4.02. The van der Waals surface area contributed by atoms with Crippen LogP contribution < -0.4 is 4.72 Å². The summed E-state index contributed by atoms with van der Waals surface area (Å²) in [6.07, 6.45) is 3.31. The van der Waals surface area contributed by atoms with Crippen LogP contribution in [0.5, 0.6) is 0 Å². The van der Waals surface area contributed by atoms with Gasteiger partial charge in [-0.1, -0.05) is 13.8 Å². The number of sulfonamides is 1. The number of aromatic nitrogens is 2. The zero-order valence-corrected chi connectivity index (χ0v) is 13.8. The van der Waals surface area contributed by atoms with Gasteiger partial charge >= 0.3 is 5.97 Å². The number of anilines is 1. The van der Waals surface area contributed by atoms with Gasteiger partial charge in [0.2, 0.25) is 0 Å². The molecule has 0 unspecified atom stereocenters. The molecular formula is C15H16FN3O4S. The fourth-order valence-corrected chi connectivity index (χ4v) is 2.97. The molecule has 0 atom stereocenters. The van der Waals surface area contributed by atoms with E-state index in [9.17, 15) is 17.6 Å². The second kappa shape index (κ2) is 6.91. The number of nitrogens with one attached hydrogen (secondary N) is 1. The molecule has 2 aromatic rings. The van der Waals surface area contributed by atoms with Crippen LogP contribution in [0.3, 0.4) is 0 Å². The Morgan fingerprint density at radius 3 is 2.42 bits per heavy atom. The van der Waals surface area contributed by atoms with Gasteiger partial charge in [-0.15, -0.1) is 0 Å². The van der Waals surface area contributed by atoms with Crippen LogP contribution in [0.4, 0.5) is 10.1 Å². The van der Waals surface area contributed by atoms with Gasteiger partial charge in [0.1, 0.15) is 11.6 Å². The van der Waals surface area contributed by atoms with E-state index in [2.05, 4.69) is 14.7 Å². The molecule has 1 aromatic carbocycles. The van der Waals surface area contributed by atoms with Gasteiger partial charge in [0.15, 0.2) is 0 Å². The first kappa shape index (κ1) is 17.8. The van der Waals surface area contributed by atoms with E-state index in [0.717, 1.165) is 12.1 Å². The third kappa shape index (κ3) is 4.25. The quantitative estimate of drug-likeness (QED) is 0.825. The summed E-state index contributed by atoms with van der Waals surface area (Å²) in [5, 5.41) is 8.76. The fraction of sp³-hybridized carbons (Fsp3) is 0.267. The first-order chi connectivity index (χ1) is 11.2. The molecule has 0 aliphatic rings. The number of nitrogens with zero attached hydrogens (tertiary/aromatic N) is 2. The smallest absolute Gasteiger partial charge is 0.338 e. The Balaban J connectivity index is 2.22. The van der Waals surface area contributed by atoms with Crippen molar-refractivity contribution in [3.05, 3.63) is 47.8 Å². The van der Waals surface area contributed by atoms with Gasteiger partial charge in [0, 0.05) is 6.42 Å². The monoisotopic (exact) mass is 353 g/mol. The molecule has 0 fully saturated rings. The van der Waals surface area contributed by atoms with Gasteiger partial charge in [-0.3, -0.25) is 4.72 Å². The van der Waals surface area contributed by atoms with Crippen molar-refractivity contribution in [1.82, 2.24) is 9.97 Å². The highest BCUT2D eigenvalue weighted by Gasteiger charge is 2.19. The van der Waals surface area contributed by atoms with Crippen molar-refractivity contribution in [1.29, 1.82) is 0 Å². The maximum absolute atomic E-state index is 13.6. The zero-order chi connectivity index (χ0) is 17.9. The minimum Gasteiger partial charge on any atom is -0.478 e. The highest BCUT2D eigenvalue weighted by Crippen LogP contribution is 2.18. The van der Waals surface area contributed by atoms with E-state index < -0.39 is 32.3 Å². The van der Waals surface area contributed by atoms with Crippen LogP contribution in [-0.4, -0.2) is 29.5 Å². The maximum atomic E-state index is 13.6. The Labute approximate surface area is 138 Å². The lowest BCUT2D eigenvalue weighted by molar-refractivity contribution is 0.0691. The third-order valence-electron chi connectivity index (χ3n) is 3.03. The van der Waals surface area contributed by atoms with Gasteiger partial charge in [0.25, 0.3) is 10.0 Å². The van der Waals surface area contributed by atoms with E-state index >= 15 is 0 Å². The lowest BCUT2D eigenvalue weighted by Crippen LogP contribution is -2.15. The molecule has 0 saturated carbocycles. The number of carboxylic acids is 1. The lowest BCUT2D eigenvalue weighted by atomic mass is 10.1. The van der Waals surface area contributed by atoms with Crippen molar-refractivity contribution in [2.24, 2.45) is 5.92 Å². The highest BCUT2D eigenvalue weighted by molar-refractivity contribution is 7.92. The molecule has 0 aliphatic heterocycles. The van der Waals surface area contributed by atoms with Crippen molar-refractivity contribution in [3.8, 4) is 0 Å². The number of aromatic carboxylic acids is 1. The molecular weight excluding hydrogens is 337 g/mol. The van der Waals surface area contributed by atoms with Crippen LogP contribution >= 0.6 is 0 Å². The molecule has 0 spiro atoms. The molecule has 0 saturated heterocycles. The summed E-state index contributed by atoms with van der Waals surface area (Å²) >= 11 is 0. The molecule has 1 aromatic heterocycles. The number of benzene rings is 1. The minimum atomic E-state index is -4.08. The number of hydrogen-bond acceptors (Lipinski definition) is 5. The standard InChI is InChI=1S/C15H16FN3O4S/c1-9(2)5-14-17-7-10(8-18-14)19-24(22,23)11-3-4-12(15(20)21)13(16)6-11/h3-4,6-9,19H,5H2,1-2H3,(H,20,21). The molecule has 128 valence electrons. The Morgan fingerprint density at radius 2 is 1.92 bits per heavy atom. The van der Waals surface area contributed by atoms with Gasteiger partial charge in [-0.05, 0) is 24.1 Å². The van der Waals surface area contributed by atoms with Crippen LogP contribution in [0.25, 0.3) is 0 Å². The van der Waals surface area contributed by atoms with Crippen LogP contribution in [0.2, 0.25) is 0 Å². The van der Waals surface area contributed by atoms with E-state index in [0.29, 0.717) is 24.2 Å². The van der Waals surface area contributed by atoms with E-state index in [1.165, 1.54) is 12.4 Å². The molecule has 24 heavy (non-hydrogen) atoms. The lowest BCUT2D eigenvalue weighted by Gasteiger charge is -2.09. The third-order valence-corrected chi connectivity index (χ3v) is 4.41. The number of hydrogen-bond donors (Lipinski definition) is 2. The van der Waals surface area contributed by atoms with Crippen LogP contribution in [-0.2, 0) is 16.4 Å². The number of carboxylic acid groups (broad SMARTS) is 1. The van der Waals surface area contributed by atoms with E-state index in [1.807, 2.05) is 13.8 Å². The number of halogens is 1. The minimum absolute atomic E-state index is 0.130. The first-order valence-electron chi connectivity index (χ1n) is 7.05. The molecule has 0 radical (unpaired) electrons. The Bertz CT molecular complexity index is 852. The van der Waals surface area contributed by atoms with Crippen molar-refractivity contribution in [2.75, 3.05) is 4.72 Å². The molecule has 9 heteroatoms. The molecule has 0 aliphatic carbocycles. The predicted octanol–water partition coefficient (Wildman–Crippen LogP) is 2.31. The van der Waals surface area contributed by atoms with Crippen molar-refractivity contribution in [2.45, 2.75) is 25.2 Å². The van der Waals surface area contributed by atoms with Gasteiger partial charge in [0.05, 0.1) is 28.5 Å². The Kier molecular flexibility index (Phi) is 5.13. The van der Waals surface area contributed by atoms with Gasteiger partial charge in [-0.2, -0.15) is 0 Å². The second-order valence-corrected chi connectivity index (χ2v) is 7.22. The number of rotatable bonds is 6. The van der Waals surface area contributed by atoms with Crippen LogP contribution in [0.1, 0.15) is 30.0 Å². The SMILES string of the molecule is CC(C)Cc1ncc(NS(=O)(=O)c2ccc(C(=O)O)c(F)c2)cn1. The molecule has 1 heterocycles. The predicted molar refractivity (Wildman–Crippen MR) is 84.7 cm³/mol. The molecule has 0 bridgehead atoms. The maximum Gasteiger partial charge on any atom is 0.338 e. The van der Waals surface area contributed by atoms with E-state index in [1.54, 1.807) is 0 Å². The second-order valence-electron chi connectivity index (χ2n) is 5.54. The van der Waals surface area contributed by atoms with Crippen LogP contribution in [0, 0.1) is 11.7 Å². The molecule has 0 amide bonds. The van der Waals surface area contributed by atoms with Gasteiger partial charge in [-0.25, -0.2) is 27.6 Å². The van der Waals surface area contributed by atoms with E-state index in [4.69, 9.17) is 5.11 Å². The van der Waals surface area contributed by atoms with Gasteiger partial charge < -0.3 is 5.11 Å². The van der Waals surface area contributed by atoms with E-state index in [-0.39, 0.29) is 5.69 Å². The summed E-state index contributed by atoms with van der Waals surface area (Å²) < 4.78 is 40.3. The molecule has 7 nitrogen and oxygen atoms in total. The molecule has 2 N–H and O–H groups in total. The van der Waals surface area contributed by atoms with Crippen molar-refractivity contribution >= 4 is 21.7 Å². The summed E-state index contributed by atoms with van der Waals surface area (Å²) in [6, 6.07) is 2.57. The Morgan fingerprint density at radius 1 is 1.29 bits per heavy atom. The normalized spacial score (nSPS) is 11.5. The Hall–Kier alpha value is -2.55. The molecule has 2 rings (SSSR count). The van der Waals surface area contributed by atoms with Crippen molar-refractivity contribution in [3.63, 3.8) is 0 Å². The topological polar surface area (TPSA) is 109 Å². The first-order valence-corrected chi connectivity index (χ1v) is 8.54. The average Bonchev–Trinajstić information content (AvgIpc) is 2.48. The fourth-order valence-electron chi connectivity index (χ4n) is 1.93.